The highest BCUT2D eigenvalue weighted by atomic mass is 32.2. The number of benzene rings is 1. The molecule has 4 nitrogen and oxygen atoms in total. The Morgan fingerprint density at radius 2 is 2.05 bits per heavy atom. The Balaban J connectivity index is 1.96. The van der Waals surface area contributed by atoms with Crippen molar-refractivity contribution in [1.29, 1.82) is 0 Å². The topological polar surface area (TPSA) is 58.2 Å². The molecule has 0 saturated carbocycles. The summed E-state index contributed by atoms with van der Waals surface area (Å²) in [5, 5.41) is 3.21. The van der Waals surface area contributed by atoms with Crippen LogP contribution in [0.4, 0.5) is 0 Å². The SMILES string of the molecule is Cc1ccc(C(C)NS(=O)(=O)CC2CCCN2)cc1. The quantitative estimate of drug-likeness (QED) is 0.864. The Hall–Kier alpha value is -0.910. The van der Waals surface area contributed by atoms with Gasteiger partial charge in [-0.15, -0.1) is 0 Å². The minimum absolute atomic E-state index is 0.0997. The van der Waals surface area contributed by atoms with Crippen LogP contribution >= 0.6 is 0 Å². The molecule has 0 aliphatic carbocycles. The van der Waals surface area contributed by atoms with Crippen molar-refractivity contribution in [2.45, 2.75) is 38.8 Å². The summed E-state index contributed by atoms with van der Waals surface area (Å²) in [5.74, 6) is 0.170. The van der Waals surface area contributed by atoms with Crippen LogP contribution < -0.4 is 10.0 Å². The molecule has 106 valence electrons. The molecule has 2 unspecified atom stereocenters. The predicted octanol–water partition coefficient (Wildman–Crippen LogP) is 1.73. The second-order valence-electron chi connectivity index (χ2n) is 5.32. The molecule has 0 spiro atoms. The Morgan fingerprint density at radius 1 is 1.37 bits per heavy atom. The Labute approximate surface area is 115 Å². The van der Waals surface area contributed by atoms with E-state index in [1.54, 1.807) is 0 Å². The molecule has 0 aromatic heterocycles. The molecule has 0 bridgehead atoms. The van der Waals surface area contributed by atoms with E-state index in [0.29, 0.717) is 0 Å². The van der Waals surface area contributed by atoms with Crippen molar-refractivity contribution in [3.63, 3.8) is 0 Å². The van der Waals surface area contributed by atoms with Gasteiger partial charge in [0.25, 0.3) is 0 Å². The normalized spacial score (nSPS) is 21.5. The zero-order chi connectivity index (χ0) is 13.9. The minimum Gasteiger partial charge on any atom is -0.313 e. The number of aryl methyl sites for hydroxylation is 1. The molecule has 1 aromatic carbocycles. The molecule has 5 heteroatoms. The van der Waals surface area contributed by atoms with E-state index in [9.17, 15) is 8.42 Å². The van der Waals surface area contributed by atoms with Gasteiger partial charge in [0.15, 0.2) is 0 Å². The molecule has 1 saturated heterocycles. The minimum atomic E-state index is -3.24. The highest BCUT2D eigenvalue weighted by molar-refractivity contribution is 7.89. The van der Waals surface area contributed by atoms with Crippen molar-refractivity contribution in [2.24, 2.45) is 0 Å². The lowest BCUT2D eigenvalue weighted by atomic mass is 10.1. The summed E-state index contributed by atoms with van der Waals surface area (Å²) in [6.07, 6.45) is 2.01. The van der Waals surface area contributed by atoms with E-state index in [1.165, 1.54) is 5.56 Å². The van der Waals surface area contributed by atoms with Crippen LogP contribution in [0, 0.1) is 6.92 Å². The number of sulfonamides is 1. The van der Waals surface area contributed by atoms with Crippen LogP contribution in [0.1, 0.15) is 36.9 Å². The van der Waals surface area contributed by atoms with Crippen LogP contribution in [-0.4, -0.2) is 26.8 Å². The maximum atomic E-state index is 12.1. The predicted molar refractivity (Wildman–Crippen MR) is 77.5 cm³/mol. The van der Waals surface area contributed by atoms with Crippen LogP contribution in [-0.2, 0) is 10.0 Å². The molecule has 1 aliphatic heterocycles. The zero-order valence-corrected chi connectivity index (χ0v) is 12.3. The summed E-state index contributed by atoms with van der Waals surface area (Å²) in [5.41, 5.74) is 2.17. The Bertz CT molecular complexity index is 505. The van der Waals surface area contributed by atoms with E-state index in [2.05, 4.69) is 10.0 Å². The van der Waals surface area contributed by atoms with E-state index in [0.717, 1.165) is 24.9 Å². The third-order valence-corrected chi connectivity index (χ3v) is 5.07. The van der Waals surface area contributed by atoms with Crippen molar-refractivity contribution >= 4 is 10.0 Å². The molecule has 19 heavy (non-hydrogen) atoms. The fourth-order valence-electron chi connectivity index (χ4n) is 2.40. The van der Waals surface area contributed by atoms with Crippen molar-refractivity contribution in [3.05, 3.63) is 35.4 Å². The van der Waals surface area contributed by atoms with Crippen LogP contribution in [0.2, 0.25) is 0 Å². The van der Waals surface area contributed by atoms with Gasteiger partial charge in [-0.25, -0.2) is 13.1 Å². The van der Waals surface area contributed by atoms with Gasteiger partial charge in [0.1, 0.15) is 0 Å². The van der Waals surface area contributed by atoms with Crippen LogP contribution in [0.5, 0.6) is 0 Å². The Kier molecular flexibility index (Phi) is 4.60. The van der Waals surface area contributed by atoms with Crippen molar-refractivity contribution in [3.8, 4) is 0 Å². The molecule has 0 amide bonds. The third-order valence-electron chi connectivity index (χ3n) is 3.52. The molecular weight excluding hydrogens is 260 g/mol. The van der Waals surface area contributed by atoms with E-state index < -0.39 is 10.0 Å². The van der Waals surface area contributed by atoms with Gasteiger partial charge >= 0.3 is 0 Å². The molecule has 2 N–H and O–H groups in total. The molecule has 1 aliphatic rings. The fourth-order valence-corrected chi connectivity index (χ4v) is 3.99. The number of hydrogen-bond acceptors (Lipinski definition) is 3. The second-order valence-corrected chi connectivity index (χ2v) is 7.12. The number of rotatable bonds is 5. The Morgan fingerprint density at radius 3 is 2.63 bits per heavy atom. The molecule has 1 fully saturated rings. The summed E-state index contributed by atoms with van der Waals surface area (Å²) >= 11 is 0. The van der Waals surface area contributed by atoms with Gasteiger partial charge < -0.3 is 5.32 Å². The standard InChI is InChI=1S/C14H22N2O2S/c1-11-5-7-13(8-6-11)12(2)16-19(17,18)10-14-4-3-9-15-14/h5-8,12,14-16H,3-4,9-10H2,1-2H3. The lowest BCUT2D eigenvalue weighted by Gasteiger charge is -2.17. The average Bonchev–Trinajstić information content (AvgIpc) is 2.81. The highest BCUT2D eigenvalue weighted by Gasteiger charge is 2.23. The molecule has 1 aromatic rings. The van der Waals surface area contributed by atoms with E-state index in [1.807, 2.05) is 38.1 Å². The van der Waals surface area contributed by atoms with Crippen LogP contribution in [0.25, 0.3) is 0 Å². The van der Waals surface area contributed by atoms with Crippen molar-refractivity contribution in [2.75, 3.05) is 12.3 Å². The van der Waals surface area contributed by atoms with E-state index in [4.69, 9.17) is 0 Å². The molecule has 2 atom stereocenters. The largest absolute Gasteiger partial charge is 0.313 e. The van der Waals surface area contributed by atoms with E-state index in [-0.39, 0.29) is 17.8 Å². The molecular formula is C14H22N2O2S. The van der Waals surface area contributed by atoms with Gasteiger partial charge in [0, 0.05) is 12.1 Å². The maximum Gasteiger partial charge on any atom is 0.213 e. The summed E-state index contributed by atoms with van der Waals surface area (Å²) in [6, 6.07) is 7.85. The van der Waals surface area contributed by atoms with Gasteiger partial charge in [0.2, 0.25) is 10.0 Å². The maximum absolute atomic E-state index is 12.1. The first-order chi connectivity index (χ1) is 8.96. The second kappa shape index (κ2) is 6.03. The molecule has 0 radical (unpaired) electrons. The summed E-state index contributed by atoms with van der Waals surface area (Å²) in [6.45, 7) is 4.82. The highest BCUT2D eigenvalue weighted by Crippen LogP contribution is 2.15. The summed E-state index contributed by atoms with van der Waals surface area (Å²) < 4.78 is 26.9. The first-order valence-electron chi connectivity index (χ1n) is 6.76. The van der Waals surface area contributed by atoms with Gasteiger partial charge in [-0.3, -0.25) is 0 Å². The lowest BCUT2D eigenvalue weighted by Crippen LogP contribution is -2.37. The number of nitrogens with one attached hydrogen (secondary N) is 2. The summed E-state index contributed by atoms with van der Waals surface area (Å²) in [4.78, 5) is 0. The zero-order valence-electron chi connectivity index (χ0n) is 11.5. The van der Waals surface area contributed by atoms with Gasteiger partial charge in [0.05, 0.1) is 5.75 Å². The number of hydrogen-bond donors (Lipinski definition) is 2. The van der Waals surface area contributed by atoms with Crippen LogP contribution in [0.15, 0.2) is 24.3 Å². The fraction of sp³-hybridized carbons (Fsp3) is 0.571. The third kappa shape index (κ3) is 4.30. The molecule has 1 heterocycles. The first-order valence-corrected chi connectivity index (χ1v) is 8.41. The monoisotopic (exact) mass is 282 g/mol. The van der Waals surface area contributed by atoms with Crippen molar-refractivity contribution in [1.82, 2.24) is 10.0 Å². The van der Waals surface area contributed by atoms with E-state index >= 15 is 0 Å². The van der Waals surface area contributed by atoms with Crippen LogP contribution in [0.3, 0.4) is 0 Å². The van der Waals surface area contributed by atoms with Gasteiger partial charge in [-0.05, 0) is 38.8 Å². The molecule has 2 rings (SSSR count). The average molecular weight is 282 g/mol. The lowest BCUT2D eigenvalue weighted by molar-refractivity contribution is 0.551. The van der Waals surface area contributed by atoms with Gasteiger partial charge in [-0.2, -0.15) is 0 Å². The van der Waals surface area contributed by atoms with Gasteiger partial charge in [-0.1, -0.05) is 29.8 Å². The summed E-state index contributed by atoms with van der Waals surface area (Å²) in [7, 11) is -3.24. The first kappa shape index (κ1) is 14.5. The van der Waals surface area contributed by atoms with Crippen molar-refractivity contribution < 1.29 is 8.42 Å². The smallest absolute Gasteiger partial charge is 0.213 e.